The lowest BCUT2D eigenvalue weighted by molar-refractivity contribution is 0.0992. The summed E-state index contributed by atoms with van der Waals surface area (Å²) in [5, 5.41) is 0. The first kappa shape index (κ1) is 11.1. The van der Waals surface area contributed by atoms with Crippen molar-refractivity contribution in [2.75, 3.05) is 0 Å². The predicted octanol–water partition coefficient (Wildman–Crippen LogP) is 3.78. The molecule has 0 aliphatic carbocycles. The van der Waals surface area contributed by atoms with Crippen molar-refractivity contribution in [1.29, 1.82) is 0 Å². The van der Waals surface area contributed by atoms with E-state index in [1.54, 1.807) is 12.5 Å². The van der Waals surface area contributed by atoms with Crippen LogP contribution in [0.2, 0.25) is 0 Å². The molecule has 2 aromatic rings. The first-order chi connectivity index (χ1) is 7.66. The average molecular weight is 279 g/mol. The van der Waals surface area contributed by atoms with E-state index < -0.39 is 0 Å². The first-order valence-electron chi connectivity index (χ1n) is 4.97. The normalized spacial score (nSPS) is 10.4. The number of halogens is 1. The molecule has 1 heterocycles. The summed E-state index contributed by atoms with van der Waals surface area (Å²) in [6, 6.07) is 7.44. The fourth-order valence-corrected chi connectivity index (χ4v) is 1.75. The number of Topliss-reactive ketones (excluding diaryl/α,β-unsaturated/α-hetero) is 1. The lowest BCUT2D eigenvalue weighted by atomic mass is 10.0. The molecule has 0 aliphatic heterocycles. The molecule has 0 saturated heterocycles. The summed E-state index contributed by atoms with van der Waals surface area (Å²) in [5.74, 6) is 0.108. The van der Waals surface area contributed by atoms with Gasteiger partial charge in [-0.3, -0.25) is 4.79 Å². The van der Waals surface area contributed by atoms with Crippen molar-refractivity contribution in [2.24, 2.45) is 0 Å². The molecule has 82 valence electrons. The molecule has 0 spiro atoms. The number of furan rings is 1. The zero-order valence-corrected chi connectivity index (χ0v) is 10.5. The summed E-state index contributed by atoms with van der Waals surface area (Å²) in [5.41, 5.74) is 2.71. The Kier molecular flexibility index (Phi) is 3.25. The summed E-state index contributed by atoms with van der Waals surface area (Å²) < 4.78 is 5.96. The number of rotatable bonds is 3. The first-order valence-corrected chi connectivity index (χ1v) is 5.76. The SMILES string of the molecule is Cc1cc(C(=O)Cc2ccoc2)ccc1Br. The quantitative estimate of drug-likeness (QED) is 0.800. The van der Waals surface area contributed by atoms with Gasteiger partial charge in [0.15, 0.2) is 5.78 Å². The van der Waals surface area contributed by atoms with Crippen LogP contribution in [0.5, 0.6) is 0 Å². The van der Waals surface area contributed by atoms with Crippen LogP contribution < -0.4 is 0 Å². The summed E-state index contributed by atoms with van der Waals surface area (Å²) in [4.78, 5) is 11.9. The molecule has 0 unspecified atom stereocenters. The molecular weight excluding hydrogens is 268 g/mol. The van der Waals surface area contributed by atoms with Crippen molar-refractivity contribution in [2.45, 2.75) is 13.3 Å². The maximum Gasteiger partial charge on any atom is 0.167 e. The third-order valence-electron chi connectivity index (χ3n) is 2.42. The van der Waals surface area contributed by atoms with E-state index in [0.717, 1.165) is 21.2 Å². The van der Waals surface area contributed by atoms with Crippen LogP contribution in [0.4, 0.5) is 0 Å². The Morgan fingerprint density at radius 3 is 2.81 bits per heavy atom. The van der Waals surface area contributed by atoms with E-state index in [-0.39, 0.29) is 5.78 Å². The molecule has 16 heavy (non-hydrogen) atoms. The molecule has 1 aromatic carbocycles. The summed E-state index contributed by atoms with van der Waals surface area (Å²) >= 11 is 3.41. The van der Waals surface area contributed by atoms with Gasteiger partial charge in [0, 0.05) is 16.5 Å². The Morgan fingerprint density at radius 1 is 1.38 bits per heavy atom. The largest absolute Gasteiger partial charge is 0.472 e. The van der Waals surface area contributed by atoms with E-state index >= 15 is 0 Å². The molecule has 0 aliphatic rings. The number of hydrogen-bond acceptors (Lipinski definition) is 2. The number of carbonyl (C=O) groups excluding carboxylic acids is 1. The molecule has 0 fully saturated rings. The molecule has 0 bridgehead atoms. The van der Waals surface area contributed by atoms with E-state index in [1.165, 1.54) is 0 Å². The maximum atomic E-state index is 11.9. The van der Waals surface area contributed by atoms with E-state index in [9.17, 15) is 4.79 Å². The number of aryl methyl sites for hydroxylation is 1. The standard InChI is InChI=1S/C13H11BrO2/c1-9-6-11(2-3-12(9)14)13(15)7-10-4-5-16-8-10/h2-6,8H,7H2,1H3. The van der Waals surface area contributed by atoms with Gasteiger partial charge in [0.05, 0.1) is 12.5 Å². The predicted molar refractivity (Wildman–Crippen MR) is 65.6 cm³/mol. The lowest BCUT2D eigenvalue weighted by Gasteiger charge is -2.02. The minimum absolute atomic E-state index is 0.108. The number of ketones is 1. The Balaban J connectivity index is 2.18. The number of hydrogen-bond donors (Lipinski definition) is 0. The van der Waals surface area contributed by atoms with Crippen molar-refractivity contribution < 1.29 is 9.21 Å². The summed E-state index contributed by atoms with van der Waals surface area (Å²) in [6.07, 6.45) is 3.57. The molecular formula is C13H11BrO2. The molecule has 1 aromatic heterocycles. The van der Waals surface area contributed by atoms with Crippen LogP contribution in [0.15, 0.2) is 45.7 Å². The van der Waals surface area contributed by atoms with Gasteiger partial charge in [0.25, 0.3) is 0 Å². The molecule has 0 N–H and O–H groups in total. The monoisotopic (exact) mass is 278 g/mol. The van der Waals surface area contributed by atoms with Crippen LogP contribution in [0.3, 0.4) is 0 Å². The Hall–Kier alpha value is -1.35. The van der Waals surface area contributed by atoms with Crippen molar-refractivity contribution in [3.8, 4) is 0 Å². The van der Waals surface area contributed by atoms with Crippen LogP contribution in [-0.4, -0.2) is 5.78 Å². The fraction of sp³-hybridized carbons (Fsp3) is 0.154. The minimum Gasteiger partial charge on any atom is -0.472 e. The second kappa shape index (κ2) is 4.66. The summed E-state index contributed by atoms with van der Waals surface area (Å²) in [7, 11) is 0. The van der Waals surface area contributed by atoms with Gasteiger partial charge in [-0.15, -0.1) is 0 Å². The topological polar surface area (TPSA) is 30.2 Å². The van der Waals surface area contributed by atoms with Gasteiger partial charge < -0.3 is 4.42 Å². The van der Waals surface area contributed by atoms with Crippen molar-refractivity contribution in [3.63, 3.8) is 0 Å². The van der Waals surface area contributed by atoms with Gasteiger partial charge in [-0.05, 0) is 36.2 Å². The van der Waals surface area contributed by atoms with Crippen molar-refractivity contribution in [1.82, 2.24) is 0 Å². The van der Waals surface area contributed by atoms with Gasteiger partial charge in [-0.2, -0.15) is 0 Å². The molecule has 0 amide bonds. The van der Waals surface area contributed by atoms with E-state index in [0.29, 0.717) is 6.42 Å². The number of carbonyl (C=O) groups is 1. The highest BCUT2D eigenvalue weighted by atomic mass is 79.9. The lowest BCUT2D eigenvalue weighted by Crippen LogP contribution is -2.03. The van der Waals surface area contributed by atoms with Crippen LogP contribution in [-0.2, 0) is 6.42 Å². The molecule has 2 rings (SSSR count). The third kappa shape index (κ3) is 2.42. The van der Waals surface area contributed by atoms with Crippen LogP contribution in [0.1, 0.15) is 21.5 Å². The zero-order chi connectivity index (χ0) is 11.5. The van der Waals surface area contributed by atoms with Crippen LogP contribution in [0, 0.1) is 6.92 Å². The zero-order valence-electron chi connectivity index (χ0n) is 8.87. The molecule has 0 radical (unpaired) electrons. The summed E-state index contributed by atoms with van der Waals surface area (Å²) in [6.45, 7) is 1.97. The van der Waals surface area contributed by atoms with E-state index in [1.807, 2.05) is 31.2 Å². The maximum absolute atomic E-state index is 11.9. The highest BCUT2D eigenvalue weighted by Gasteiger charge is 2.08. The second-order valence-corrected chi connectivity index (χ2v) is 4.55. The molecule has 0 atom stereocenters. The highest BCUT2D eigenvalue weighted by Crippen LogP contribution is 2.18. The minimum atomic E-state index is 0.108. The second-order valence-electron chi connectivity index (χ2n) is 3.70. The highest BCUT2D eigenvalue weighted by molar-refractivity contribution is 9.10. The third-order valence-corrected chi connectivity index (χ3v) is 3.31. The van der Waals surface area contributed by atoms with Crippen molar-refractivity contribution in [3.05, 3.63) is 58.0 Å². The van der Waals surface area contributed by atoms with E-state index in [4.69, 9.17) is 4.42 Å². The van der Waals surface area contributed by atoms with Gasteiger partial charge in [0.2, 0.25) is 0 Å². The fourth-order valence-electron chi connectivity index (χ4n) is 1.50. The number of benzene rings is 1. The Labute approximate surface area is 102 Å². The van der Waals surface area contributed by atoms with Gasteiger partial charge >= 0.3 is 0 Å². The van der Waals surface area contributed by atoms with Gasteiger partial charge in [-0.25, -0.2) is 0 Å². The van der Waals surface area contributed by atoms with Crippen molar-refractivity contribution >= 4 is 21.7 Å². The molecule has 2 nitrogen and oxygen atoms in total. The molecule has 3 heteroatoms. The Morgan fingerprint density at radius 2 is 2.19 bits per heavy atom. The Bertz CT molecular complexity index is 501. The van der Waals surface area contributed by atoms with Crippen LogP contribution in [0.25, 0.3) is 0 Å². The van der Waals surface area contributed by atoms with Gasteiger partial charge in [0.1, 0.15) is 0 Å². The smallest absolute Gasteiger partial charge is 0.167 e. The molecule has 0 saturated carbocycles. The average Bonchev–Trinajstić information content (AvgIpc) is 2.74. The van der Waals surface area contributed by atoms with Gasteiger partial charge in [-0.1, -0.05) is 22.0 Å². The van der Waals surface area contributed by atoms with E-state index in [2.05, 4.69) is 15.9 Å². The van der Waals surface area contributed by atoms with Crippen LogP contribution >= 0.6 is 15.9 Å².